The summed E-state index contributed by atoms with van der Waals surface area (Å²) >= 11 is 0. The summed E-state index contributed by atoms with van der Waals surface area (Å²) in [6.07, 6.45) is 2.15. The Balaban J connectivity index is 2.24. The van der Waals surface area contributed by atoms with Gasteiger partial charge in [0.1, 0.15) is 18.3 Å². The van der Waals surface area contributed by atoms with Gasteiger partial charge in [0, 0.05) is 31.1 Å². The molecule has 0 bridgehead atoms. The molecule has 36 heavy (non-hydrogen) atoms. The lowest BCUT2D eigenvalue weighted by molar-refractivity contribution is 0.0496. The maximum Gasteiger partial charge on any atom is 0.407 e. The van der Waals surface area contributed by atoms with Crippen molar-refractivity contribution >= 4 is 23.4 Å². The van der Waals surface area contributed by atoms with Gasteiger partial charge < -0.3 is 30.2 Å². The van der Waals surface area contributed by atoms with Crippen LogP contribution in [0.15, 0.2) is 24.4 Å². The number of hydrogen-bond acceptors (Lipinski definition) is 9. The van der Waals surface area contributed by atoms with Gasteiger partial charge in [-0.25, -0.2) is 19.2 Å². The van der Waals surface area contributed by atoms with E-state index in [0.717, 1.165) is 6.07 Å². The van der Waals surface area contributed by atoms with Gasteiger partial charge in [0.05, 0.1) is 18.2 Å². The molecule has 10 nitrogen and oxygen atoms in total. The van der Waals surface area contributed by atoms with Crippen LogP contribution >= 0.6 is 0 Å². The Bertz CT molecular complexity index is 1050. The first kappa shape index (κ1) is 28.6. The minimum atomic E-state index is -0.680. The van der Waals surface area contributed by atoms with E-state index in [1.54, 1.807) is 46.2 Å². The molecule has 0 aliphatic heterocycles. The van der Waals surface area contributed by atoms with E-state index in [1.165, 1.54) is 0 Å². The first-order valence-corrected chi connectivity index (χ1v) is 11.8. The number of ether oxygens (including phenoxy) is 3. The minimum Gasteiger partial charge on any atom is -0.475 e. The van der Waals surface area contributed by atoms with Gasteiger partial charge in [-0.3, -0.25) is 0 Å². The third-order valence-corrected chi connectivity index (χ3v) is 5.02. The lowest BCUT2D eigenvalue weighted by Gasteiger charge is -2.29. The Morgan fingerprint density at radius 2 is 1.89 bits per heavy atom. The first-order chi connectivity index (χ1) is 17.1. The number of carbonyl (C=O) groups is 1. The maximum atomic E-state index is 14.9. The third-order valence-electron chi connectivity index (χ3n) is 5.02. The Morgan fingerprint density at radius 1 is 1.17 bits per heavy atom. The first-order valence-electron chi connectivity index (χ1n) is 11.8. The SMILES string of the molecule is CC[C@H](NC(=O)OC(C)(C)C)[C@@H](CC)Nc1nc(Nc2ccnc(OCCOC)c2)c(C#N)cc1F. The second kappa shape index (κ2) is 13.4. The second-order valence-electron chi connectivity index (χ2n) is 9.00. The van der Waals surface area contributed by atoms with Gasteiger partial charge in [-0.2, -0.15) is 5.26 Å². The van der Waals surface area contributed by atoms with Crippen molar-refractivity contribution in [3.8, 4) is 11.9 Å². The van der Waals surface area contributed by atoms with Crippen molar-refractivity contribution in [1.29, 1.82) is 5.26 Å². The lowest BCUT2D eigenvalue weighted by atomic mass is 10.0. The molecule has 0 aliphatic carbocycles. The Morgan fingerprint density at radius 3 is 2.50 bits per heavy atom. The van der Waals surface area contributed by atoms with E-state index >= 15 is 0 Å². The average Bonchev–Trinajstić information content (AvgIpc) is 2.82. The summed E-state index contributed by atoms with van der Waals surface area (Å²) in [4.78, 5) is 20.8. The summed E-state index contributed by atoms with van der Waals surface area (Å²) in [6.45, 7) is 9.92. The van der Waals surface area contributed by atoms with Gasteiger partial charge in [0.15, 0.2) is 17.5 Å². The third kappa shape index (κ3) is 8.85. The van der Waals surface area contributed by atoms with E-state index in [2.05, 4.69) is 25.9 Å². The average molecular weight is 503 g/mol. The molecular weight excluding hydrogens is 467 g/mol. The molecule has 3 N–H and O–H groups in total. The molecule has 2 aromatic rings. The summed E-state index contributed by atoms with van der Waals surface area (Å²) in [7, 11) is 1.57. The highest BCUT2D eigenvalue weighted by Crippen LogP contribution is 2.26. The molecule has 2 rings (SSSR count). The Labute approximate surface area is 211 Å². The fourth-order valence-corrected chi connectivity index (χ4v) is 3.31. The molecule has 0 fully saturated rings. The van der Waals surface area contributed by atoms with Gasteiger partial charge >= 0.3 is 6.09 Å². The van der Waals surface area contributed by atoms with Crippen LogP contribution in [0.1, 0.15) is 53.0 Å². The normalized spacial score (nSPS) is 12.7. The van der Waals surface area contributed by atoms with E-state index in [-0.39, 0.29) is 29.3 Å². The molecule has 0 spiro atoms. The molecule has 0 unspecified atom stereocenters. The predicted octanol–water partition coefficient (Wildman–Crippen LogP) is 4.75. The highest BCUT2D eigenvalue weighted by molar-refractivity contribution is 5.68. The molecule has 0 aliphatic rings. The van der Waals surface area contributed by atoms with Crippen LogP contribution in [0.4, 0.5) is 26.5 Å². The zero-order chi connectivity index (χ0) is 26.7. The maximum absolute atomic E-state index is 14.9. The number of nitrogens with zero attached hydrogens (tertiary/aromatic N) is 3. The molecular formula is C25H35FN6O4. The summed E-state index contributed by atoms with van der Waals surface area (Å²) in [6, 6.07) is 5.71. The van der Waals surface area contributed by atoms with Gasteiger partial charge in [0.25, 0.3) is 0 Å². The molecule has 0 radical (unpaired) electrons. The van der Waals surface area contributed by atoms with Gasteiger partial charge in [0.2, 0.25) is 5.88 Å². The van der Waals surface area contributed by atoms with Crippen LogP contribution in [0.2, 0.25) is 0 Å². The van der Waals surface area contributed by atoms with Crippen LogP contribution in [0, 0.1) is 17.1 Å². The number of nitriles is 1. The van der Waals surface area contributed by atoms with Crippen molar-refractivity contribution in [2.45, 2.75) is 65.1 Å². The number of hydrogen-bond donors (Lipinski definition) is 3. The van der Waals surface area contributed by atoms with Gasteiger partial charge in [-0.1, -0.05) is 13.8 Å². The predicted molar refractivity (Wildman–Crippen MR) is 135 cm³/mol. The van der Waals surface area contributed by atoms with E-state index in [0.29, 0.717) is 37.6 Å². The highest BCUT2D eigenvalue weighted by atomic mass is 19.1. The van der Waals surface area contributed by atoms with Crippen LogP contribution in [-0.2, 0) is 9.47 Å². The summed E-state index contributed by atoms with van der Waals surface area (Å²) in [5.41, 5.74) is -0.0479. The number of amides is 1. The standard InChI is InChI=1S/C25H35FN6O4/c1-7-19(20(8-2)31-24(33)36-25(3,4)5)30-23-18(26)13-16(15-27)22(32-23)29-17-9-10-28-21(14-17)35-12-11-34-6/h9-10,13-14,19-20H,7-8,11-12H2,1-6H3,(H,31,33)(H2,28,29,30,32)/t19-,20+/m1/s1. The lowest BCUT2D eigenvalue weighted by Crippen LogP contribution is -2.48. The molecule has 2 heterocycles. The van der Waals surface area contributed by atoms with Crippen molar-refractivity contribution in [2.24, 2.45) is 0 Å². The zero-order valence-electron chi connectivity index (χ0n) is 21.6. The highest BCUT2D eigenvalue weighted by Gasteiger charge is 2.25. The van der Waals surface area contributed by atoms with E-state index < -0.39 is 17.5 Å². The largest absolute Gasteiger partial charge is 0.475 e. The number of aromatic nitrogens is 2. The Hall–Kier alpha value is -3.65. The van der Waals surface area contributed by atoms with Crippen molar-refractivity contribution in [3.63, 3.8) is 0 Å². The van der Waals surface area contributed by atoms with Crippen molar-refractivity contribution < 1.29 is 23.4 Å². The zero-order valence-corrected chi connectivity index (χ0v) is 21.6. The van der Waals surface area contributed by atoms with Crippen LogP contribution < -0.4 is 20.7 Å². The summed E-state index contributed by atoms with van der Waals surface area (Å²) < 4.78 is 30.7. The van der Waals surface area contributed by atoms with Crippen molar-refractivity contribution in [3.05, 3.63) is 35.8 Å². The number of halogens is 1. The molecule has 0 saturated carbocycles. The number of alkyl carbamates (subject to hydrolysis) is 1. The minimum absolute atomic E-state index is 0.0312. The second-order valence-corrected chi connectivity index (χ2v) is 9.00. The molecule has 2 aromatic heterocycles. The summed E-state index contributed by atoms with van der Waals surface area (Å²) in [5.74, 6) is -0.195. The van der Waals surface area contributed by atoms with E-state index in [9.17, 15) is 14.4 Å². The van der Waals surface area contributed by atoms with E-state index in [4.69, 9.17) is 14.2 Å². The molecule has 0 saturated heterocycles. The topological polar surface area (TPSA) is 130 Å². The fraction of sp³-hybridized carbons (Fsp3) is 0.520. The number of carbonyl (C=O) groups excluding carboxylic acids is 1. The molecule has 1 amide bonds. The molecule has 11 heteroatoms. The summed E-state index contributed by atoms with van der Waals surface area (Å²) in [5, 5.41) is 18.5. The van der Waals surface area contributed by atoms with Crippen molar-refractivity contribution in [1.82, 2.24) is 15.3 Å². The van der Waals surface area contributed by atoms with Crippen LogP contribution in [0.25, 0.3) is 0 Å². The van der Waals surface area contributed by atoms with Crippen LogP contribution in [-0.4, -0.2) is 54.1 Å². The fourth-order valence-electron chi connectivity index (χ4n) is 3.31. The molecule has 2 atom stereocenters. The number of rotatable bonds is 12. The smallest absolute Gasteiger partial charge is 0.407 e. The van der Waals surface area contributed by atoms with Crippen LogP contribution in [0.5, 0.6) is 5.88 Å². The molecule has 0 aromatic carbocycles. The monoisotopic (exact) mass is 502 g/mol. The van der Waals surface area contributed by atoms with Crippen molar-refractivity contribution in [2.75, 3.05) is 31.0 Å². The number of nitrogens with one attached hydrogen (secondary N) is 3. The number of pyridine rings is 2. The quantitative estimate of drug-likeness (QED) is 0.352. The molecule has 196 valence electrons. The van der Waals surface area contributed by atoms with E-state index in [1.807, 2.05) is 19.9 Å². The van der Waals surface area contributed by atoms with Gasteiger partial charge in [-0.05, 0) is 45.7 Å². The van der Waals surface area contributed by atoms with Gasteiger partial charge in [-0.15, -0.1) is 0 Å². The van der Waals surface area contributed by atoms with Crippen LogP contribution in [0.3, 0.4) is 0 Å². The number of anilines is 3. The number of methoxy groups -OCH3 is 1. The Kier molecular flexibility index (Phi) is 10.7.